The van der Waals surface area contributed by atoms with E-state index in [0.29, 0.717) is 43.0 Å². The minimum atomic E-state index is -0.655. The molecule has 0 atom stereocenters. The lowest BCUT2D eigenvalue weighted by atomic mass is 9.82. The van der Waals surface area contributed by atoms with Gasteiger partial charge in [0.2, 0.25) is 0 Å². The monoisotopic (exact) mass is 396 g/mol. The summed E-state index contributed by atoms with van der Waals surface area (Å²) in [6.07, 6.45) is 1.20. The SMILES string of the molecule is COc1ccc2c(c1)C(=O)CC1(CCN(C(=O)c3ccccc3[N+](=O)[O-])CC1)O2. The molecule has 8 heteroatoms. The van der Waals surface area contributed by atoms with Crippen LogP contribution in [0.2, 0.25) is 0 Å². The van der Waals surface area contributed by atoms with Gasteiger partial charge in [0.25, 0.3) is 11.6 Å². The van der Waals surface area contributed by atoms with Gasteiger partial charge in [-0.3, -0.25) is 19.7 Å². The second-order valence-electron chi connectivity index (χ2n) is 7.31. The lowest BCUT2D eigenvalue weighted by molar-refractivity contribution is -0.385. The standard InChI is InChI=1S/C21H20N2O6/c1-28-14-6-7-19-16(12-14)18(24)13-21(29-19)8-10-22(11-9-21)20(25)15-4-2-3-5-17(15)23(26)27/h2-7,12H,8-11,13H2,1H3. The Morgan fingerprint density at radius 1 is 1.21 bits per heavy atom. The average Bonchev–Trinajstić information content (AvgIpc) is 2.73. The molecule has 1 saturated heterocycles. The number of rotatable bonds is 3. The van der Waals surface area contributed by atoms with Crippen LogP contribution in [0.1, 0.15) is 40.0 Å². The van der Waals surface area contributed by atoms with Gasteiger partial charge < -0.3 is 14.4 Å². The maximum absolute atomic E-state index is 12.8. The van der Waals surface area contributed by atoms with Gasteiger partial charge in [0.1, 0.15) is 22.7 Å². The van der Waals surface area contributed by atoms with Crippen LogP contribution in [0, 0.1) is 10.1 Å². The first kappa shape index (κ1) is 18.9. The van der Waals surface area contributed by atoms with Gasteiger partial charge in [-0.25, -0.2) is 0 Å². The highest BCUT2D eigenvalue weighted by atomic mass is 16.6. The Hall–Kier alpha value is -3.42. The third-order valence-electron chi connectivity index (χ3n) is 5.59. The summed E-state index contributed by atoms with van der Waals surface area (Å²) in [5, 5.41) is 11.2. The maximum Gasteiger partial charge on any atom is 0.282 e. The van der Waals surface area contributed by atoms with Crippen molar-refractivity contribution in [3.63, 3.8) is 0 Å². The van der Waals surface area contributed by atoms with E-state index in [0.717, 1.165) is 0 Å². The fraction of sp³-hybridized carbons (Fsp3) is 0.333. The van der Waals surface area contributed by atoms with Gasteiger partial charge in [0.15, 0.2) is 5.78 Å². The summed E-state index contributed by atoms with van der Waals surface area (Å²) in [7, 11) is 1.54. The van der Waals surface area contributed by atoms with Crippen LogP contribution in [-0.4, -0.2) is 47.3 Å². The lowest BCUT2D eigenvalue weighted by Crippen LogP contribution is -2.52. The van der Waals surface area contributed by atoms with Crippen molar-refractivity contribution in [2.75, 3.05) is 20.2 Å². The van der Waals surface area contributed by atoms with Crippen LogP contribution in [0.15, 0.2) is 42.5 Å². The minimum Gasteiger partial charge on any atom is -0.497 e. The number of nitro benzene ring substituents is 1. The van der Waals surface area contributed by atoms with Gasteiger partial charge in [0.05, 0.1) is 24.0 Å². The molecule has 2 aromatic carbocycles. The van der Waals surface area contributed by atoms with Crippen LogP contribution < -0.4 is 9.47 Å². The van der Waals surface area contributed by atoms with Crippen LogP contribution in [-0.2, 0) is 0 Å². The molecule has 0 radical (unpaired) electrons. The summed E-state index contributed by atoms with van der Waals surface area (Å²) in [6, 6.07) is 11.1. The quantitative estimate of drug-likeness (QED) is 0.583. The van der Waals surface area contributed by atoms with Crippen molar-refractivity contribution in [1.29, 1.82) is 0 Å². The number of carbonyl (C=O) groups excluding carboxylic acids is 2. The van der Waals surface area contributed by atoms with Crippen LogP contribution in [0.25, 0.3) is 0 Å². The smallest absolute Gasteiger partial charge is 0.282 e. The number of Topliss-reactive ketones (excluding diaryl/α,β-unsaturated/α-hetero) is 1. The lowest BCUT2D eigenvalue weighted by Gasteiger charge is -2.44. The number of amides is 1. The van der Waals surface area contributed by atoms with Crippen molar-refractivity contribution in [2.24, 2.45) is 0 Å². The molecule has 0 unspecified atom stereocenters. The van der Waals surface area contributed by atoms with E-state index >= 15 is 0 Å². The Bertz CT molecular complexity index is 994. The molecule has 0 saturated carbocycles. The van der Waals surface area contributed by atoms with Gasteiger partial charge in [0, 0.05) is 32.0 Å². The number of para-hydroxylation sites is 1. The molecule has 150 valence electrons. The Labute approximate surface area is 167 Å². The van der Waals surface area contributed by atoms with Crippen LogP contribution in [0.4, 0.5) is 5.69 Å². The molecule has 2 aliphatic heterocycles. The van der Waals surface area contributed by atoms with Gasteiger partial charge in [-0.05, 0) is 24.3 Å². The summed E-state index contributed by atoms with van der Waals surface area (Å²) in [5.74, 6) is 0.741. The summed E-state index contributed by atoms with van der Waals surface area (Å²) < 4.78 is 11.4. The number of carbonyl (C=O) groups is 2. The summed E-state index contributed by atoms with van der Waals surface area (Å²) in [5.41, 5.74) is -0.275. The Balaban J connectivity index is 1.50. The van der Waals surface area contributed by atoms with E-state index in [-0.39, 0.29) is 29.4 Å². The van der Waals surface area contributed by atoms with Gasteiger partial charge in [-0.1, -0.05) is 12.1 Å². The molecule has 0 aliphatic carbocycles. The number of methoxy groups -OCH3 is 1. The van der Waals surface area contributed by atoms with Crippen LogP contribution in [0.5, 0.6) is 11.5 Å². The number of ketones is 1. The van der Waals surface area contributed by atoms with Crippen LogP contribution >= 0.6 is 0 Å². The Kier molecular flexibility index (Phi) is 4.70. The zero-order valence-electron chi connectivity index (χ0n) is 15.9. The van der Waals surface area contributed by atoms with Crippen LogP contribution in [0.3, 0.4) is 0 Å². The molecule has 0 aromatic heterocycles. The number of hydrogen-bond acceptors (Lipinski definition) is 6. The molecule has 2 heterocycles. The van der Waals surface area contributed by atoms with E-state index in [1.807, 2.05) is 0 Å². The fourth-order valence-electron chi connectivity index (χ4n) is 3.98. The number of hydrogen-bond donors (Lipinski definition) is 0. The molecule has 2 aliphatic rings. The highest BCUT2D eigenvalue weighted by molar-refractivity contribution is 6.01. The van der Waals surface area contributed by atoms with Crippen molar-refractivity contribution in [2.45, 2.75) is 24.9 Å². The second-order valence-corrected chi connectivity index (χ2v) is 7.31. The van der Waals surface area contributed by atoms with E-state index in [2.05, 4.69) is 0 Å². The molecule has 1 amide bonds. The van der Waals surface area contributed by atoms with Crippen molar-refractivity contribution in [1.82, 2.24) is 4.90 Å². The number of likely N-dealkylation sites (tertiary alicyclic amines) is 1. The van der Waals surface area contributed by atoms with Crippen molar-refractivity contribution in [3.8, 4) is 11.5 Å². The number of ether oxygens (including phenoxy) is 2. The average molecular weight is 396 g/mol. The number of fused-ring (bicyclic) bond motifs is 1. The van der Waals surface area contributed by atoms with E-state index in [9.17, 15) is 19.7 Å². The largest absolute Gasteiger partial charge is 0.497 e. The van der Waals surface area contributed by atoms with E-state index in [1.54, 1.807) is 36.3 Å². The van der Waals surface area contributed by atoms with Crippen molar-refractivity contribution >= 4 is 17.4 Å². The molecule has 4 rings (SSSR count). The fourth-order valence-corrected chi connectivity index (χ4v) is 3.98. The zero-order valence-corrected chi connectivity index (χ0v) is 15.9. The predicted molar refractivity (Wildman–Crippen MR) is 104 cm³/mol. The first-order valence-corrected chi connectivity index (χ1v) is 9.35. The van der Waals surface area contributed by atoms with E-state index in [4.69, 9.17) is 9.47 Å². The predicted octanol–water partition coefficient (Wildman–Crippen LogP) is 3.24. The number of benzene rings is 2. The highest BCUT2D eigenvalue weighted by Crippen LogP contribution is 2.40. The van der Waals surface area contributed by atoms with Gasteiger partial charge in [-0.15, -0.1) is 0 Å². The van der Waals surface area contributed by atoms with E-state index < -0.39 is 10.5 Å². The number of piperidine rings is 1. The van der Waals surface area contributed by atoms with Gasteiger partial charge >= 0.3 is 0 Å². The summed E-state index contributed by atoms with van der Waals surface area (Å²) in [4.78, 5) is 37.8. The topological polar surface area (TPSA) is 99.0 Å². The first-order chi connectivity index (χ1) is 13.9. The van der Waals surface area contributed by atoms with Crippen molar-refractivity contribution in [3.05, 3.63) is 63.7 Å². The molecule has 2 aromatic rings. The van der Waals surface area contributed by atoms with E-state index in [1.165, 1.54) is 18.2 Å². The number of nitro groups is 1. The summed E-state index contributed by atoms with van der Waals surface area (Å²) in [6.45, 7) is 0.729. The molecule has 0 bridgehead atoms. The highest BCUT2D eigenvalue weighted by Gasteiger charge is 2.44. The molecule has 1 spiro atoms. The molecule has 8 nitrogen and oxygen atoms in total. The third kappa shape index (κ3) is 3.41. The maximum atomic E-state index is 12.8. The molecule has 1 fully saturated rings. The minimum absolute atomic E-state index is 0.0105. The second kappa shape index (κ2) is 7.20. The normalized spacial score (nSPS) is 17.4. The molecular weight excluding hydrogens is 376 g/mol. The zero-order chi connectivity index (χ0) is 20.6. The molecule has 29 heavy (non-hydrogen) atoms. The van der Waals surface area contributed by atoms with Gasteiger partial charge in [-0.2, -0.15) is 0 Å². The first-order valence-electron chi connectivity index (χ1n) is 9.35. The summed E-state index contributed by atoms with van der Waals surface area (Å²) >= 11 is 0. The van der Waals surface area contributed by atoms with Crippen molar-refractivity contribution < 1.29 is 24.0 Å². The molecular formula is C21H20N2O6. The third-order valence-corrected chi connectivity index (χ3v) is 5.59. The molecule has 0 N–H and O–H groups in total. The Morgan fingerprint density at radius 3 is 2.62 bits per heavy atom. The number of nitrogens with zero attached hydrogens (tertiary/aromatic N) is 2. The Morgan fingerprint density at radius 2 is 1.93 bits per heavy atom.